The number of piperidine rings is 2. The number of aliphatic carboxylic acids is 1. The van der Waals surface area contributed by atoms with E-state index in [1.54, 1.807) is 17.0 Å². The molecule has 3 N–H and O–H groups in total. The first-order chi connectivity index (χ1) is 21.1. The van der Waals surface area contributed by atoms with Gasteiger partial charge >= 0.3 is 5.97 Å². The van der Waals surface area contributed by atoms with Crippen molar-refractivity contribution in [2.45, 2.75) is 45.4 Å². The highest BCUT2D eigenvalue weighted by Gasteiger charge is 2.31. The van der Waals surface area contributed by atoms with Gasteiger partial charge in [-0.05, 0) is 106 Å². The molecule has 2 fully saturated rings. The molecule has 44 heavy (non-hydrogen) atoms. The Hall–Kier alpha value is -3.47. The smallest absolute Gasteiger partial charge is 0.329 e. The summed E-state index contributed by atoms with van der Waals surface area (Å²) in [4.78, 5) is 54.2. The number of hydrogen-bond donors (Lipinski definition) is 2. The first-order valence-electron chi connectivity index (χ1n) is 15.4. The Morgan fingerprint density at radius 2 is 1.66 bits per heavy atom. The van der Waals surface area contributed by atoms with Crippen molar-refractivity contribution in [3.8, 4) is 0 Å². The van der Waals surface area contributed by atoms with Crippen molar-refractivity contribution in [2.24, 2.45) is 17.6 Å². The van der Waals surface area contributed by atoms with Crippen molar-refractivity contribution in [1.29, 1.82) is 0 Å². The van der Waals surface area contributed by atoms with Crippen molar-refractivity contribution in [2.75, 3.05) is 57.4 Å². The van der Waals surface area contributed by atoms with E-state index in [4.69, 9.17) is 27.2 Å². The molecular weight excluding hydrogens is 584 g/mol. The number of rotatable bonds is 13. The lowest BCUT2D eigenvalue weighted by Gasteiger charge is -2.35. The molecule has 0 aromatic heterocycles. The van der Waals surface area contributed by atoms with Crippen molar-refractivity contribution >= 4 is 41.0 Å². The number of likely N-dealkylation sites (tertiary alicyclic amines) is 2. The third-order valence-electron chi connectivity index (χ3n) is 8.71. The number of amides is 3. The summed E-state index contributed by atoms with van der Waals surface area (Å²) in [5.41, 5.74) is 8.84. The van der Waals surface area contributed by atoms with Crippen LogP contribution >= 0.6 is 11.6 Å². The predicted octanol–water partition coefficient (Wildman–Crippen LogP) is 3.76. The summed E-state index contributed by atoms with van der Waals surface area (Å²) in [7, 11) is 0. The summed E-state index contributed by atoms with van der Waals surface area (Å²) in [6.07, 6.45) is 5.10. The summed E-state index contributed by atoms with van der Waals surface area (Å²) < 4.78 is 4.94. The van der Waals surface area contributed by atoms with E-state index < -0.39 is 18.5 Å². The second kappa shape index (κ2) is 16.0. The molecular formula is C33H43ClN4O6. The van der Waals surface area contributed by atoms with Crippen molar-refractivity contribution < 1.29 is 29.0 Å². The van der Waals surface area contributed by atoms with Crippen LogP contribution in [0.4, 0.5) is 5.69 Å². The minimum absolute atomic E-state index is 0.0419. The Balaban J connectivity index is 1.27. The van der Waals surface area contributed by atoms with E-state index >= 15 is 0 Å². The molecule has 0 saturated carbocycles. The van der Waals surface area contributed by atoms with Crippen molar-refractivity contribution in [3.05, 3.63) is 64.2 Å². The van der Waals surface area contributed by atoms with E-state index in [0.717, 1.165) is 56.6 Å². The van der Waals surface area contributed by atoms with Gasteiger partial charge in [0.1, 0.15) is 13.2 Å². The summed E-state index contributed by atoms with van der Waals surface area (Å²) in [6, 6.07) is 13.3. The third kappa shape index (κ3) is 9.51. The number of carbonyl (C=O) groups excluding carboxylic acids is 3. The van der Waals surface area contributed by atoms with Gasteiger partial charge in [-0.15, -0.1) is 0 Å². The molecule has 2 heterocycles. The number of carboxylic acid groups (broad SMARTS) is 1. The van der Waals surface area contributed by atoms with Crippen LogP contribution in [0.1, 0.15) is 53.6 Å². The SMILES string of the molecule is Cc1ccc(N(CCCN2CCC(Cc3ccc(C(N)=O)cc3)CC2)C(=O)C2CCN(C(=O)COCC(=O)O)CC2)cc1Cl. The zero-order valence-corrected chi connectivity index (χ0v) is 26.1. The van der Waals surface area contributed by atoms with Crippen LogP contribution < -0.4 is 10.6 Å². The number of anilines is 1. The molecule has 2 aliphatic rings. The molecule has 0 bridgehead atoms. The molecule has 2 aromatic rings. The number of benzene rings is 2. The number of halogens is 1. The number of nitrogens with two attached hydrogens (primary N) is 1. The Morgan fingerprint density at radius 1 is 0.977 bits per heavy atom. The minimum Gasteiger partial charge on any atom is -0.480 e. The summed E-state index contributed by atoms with van der Waals surface area (Å²) in [5, 5.41) is 9.33. The molecule has 0 spiro atoms. The molecule has 2 aromatic carbocycles. The lowest BCUT2D eigenvalue weighted by atomic mass is 9.90. The fourth-order valence-electron chi connectivity index (χ4n) is 6.03. The fraction of sp³-hybridized carbons (Fsp3) is 0.515. The van der Waals surface area contributed by atoms with Gasteiger partial charge in [0, 0.05) is 41.8 Å². The Bertz CT molecular complexity index is 1300. The van der Waals surface area contributed by atoms with Gasteiger partial charge in [0.25, 0.3) is 0 Å². The molecule has 4 rings (SSSR count). The normalized spacial score (nSPS) is 16.5. The van der Waals surface area contributed by atoms with Gasteiger partial charge in [-0.3, -0.25) is 14.4 Å². The van der Waals surface area contributed by atoms with Crippen LogP contribution in [0.2, 0.25) is 5.02 Å². The van der Waals surface area contributed by atoms with E-state index in [-0.39, 0.29) is 24.3 Å². The van der Waals surface area contributed by atoms with E-state index in [1.165, 1.54) is 5.56 Å². The molecule has 2 saturated heterocycles. The number of primary amides is 1. The molecule has 0 radical (unpaired) electrons. The standard InChI is InChI=1S/C33H43ClN4O6/c1-23-3-8-28(20-29(23)34)38(33(43)27-11-17-37(18-12-27)30(39)21-44-22-31(40)41)14-2-13-36-15-9-25(10-16-36)19-24-4-6-26(7-5-24)32(35)42/h3-8,20,25,27H,2,9-19,21-22H2,1H3,(H2,35,42)(H,40,41). The highest BCUT2D eigenvalue weighted by molar-refractivity contribution is 6.31. The number of carbonyl (C=O) groups is 4. The Labute approximate surface area is 264 Å². The minimum atomic E-state index is -1.12. The second-order valence-corrected chi connectivity index (χ2v) is 12.3. The van der Waals surface area contributed by atoms with Gasteiger partial charge in [0.15, 0.2) is 0 Å². The average Bonchev–Trinajstić information content (AvgIpc) is 3.01. The van der Waals surface area contributed by atoms with Gasteiger partial charge < -0.3 is 30.3 Å². The first kappa shape index (κ1) is 33.4. The van der Waals surface area contributed by atoms with Crippen LogP contribution in [0.25, 0.3) is 0 Å². The van der Waals surface area contributed by atoms with E-state index in [2.05, 4.69) is 4.90 Å². The monoisotopic (exact) mass is 626 g/mol. The van der Waals surface area contributed by atoms with Gasteiger partial charge in [-0.1, -0.05) is 29.8 Å². The molecule has 3 amide bonds. The summed E-state index contributed by atoms with van der Waals surface area (Å²) in [5.74, 6) is -1.36. The molecule has 2 aliphatic heterocycles. The van der Waals surface area contributed by atoms with Gasteiger partial charge in [0.05, 0.1) is 0 Å². The zero-order chi connectivity index (χ0) is 31.6. The van der Waals surface area contributed by atoms with Crippen LogP contribution in [0.15, 0.2) is 42.5 Å². The summed E-state index contributed by atoms with van der Waals surface area (Å²) >= 11 is 6.45. The van der Waals surface area contributed by atoms with Gasteiger partial charge in [-0.25, -0.2) is 4.79 Å². The Kier molecular flexibility index (Phi) is 12.2. The quantitative estimate of drug-likeness (QED) is 0.346. The molecule has 0 aliphatic carbocycles. The lowest BCUT2D eigenvalue weighted by Crippen LogP contribution is -2.46. The molecule has 238 valence electrons. The fourth-order valence-corrected chi connectivity index (χ4v) is 6.21. The lowest BCUT2D eigenvalue weighted by molar-refractivity contribution is -0.146. The average molecular weight is 627 g/mol. The summed E-state index contributed by atoms with van der Waals surface area (Å²) in [6.45, 7) is 5.50. The number of nitrogens with zero attached hydrogens (tertiary/aromatic N) is 3. The van der Waals surface area contributed by atoms with Crippen LogP contribution in [0.3, 0.4) is 0 Å². The topological polar surface area (TPSA) is 133 Å². The predicted molar refractivity (Wildman–Crippen MR) is 169 cm³/mol. The maximum atomic E-state index is 13.8. The van der Waals surface area contributed by atoms with Crippen LogP contribution in [0.5, 0.6) is 0 Å². The second-order valence-electron chi connectivity index (χ2n) is 11.9. The Morgan fingerprint density at radius 3 is 2.27 bits per heavy atom. The van der Waals surface area contributed by atoms with E-state index in [1.807, 2.05) is 42.2 Å². The van der Waals surface area contributed by atoms with E-state index in [9.17, 15) is 19.2 Å². The van der Waals surface area contributed by atoms with Crippen molar-refractivity contribution in [1.82, 2.24) is 9.80 Å². The number of ether oxygens (including phenoxy) is 1. The van der Waals surface area contributed by atoms with E-state index in [0.29, 0.717) is 49.0 Å². The van der Waals surface area contributed by atoms with Gasteiger partial charge in [-0.2, -0.15) is 0 Å². The van der Waals surface area contributed by atoms with Crippen molar-refractivity contribution in [3.63, 3.8) is 0 Å². The number of aryl methyl sites for hydroxylation is 1. The maximum absolute atomic E-state index is 13.8. The third-order valence-corrected chi connectivity index (χ3v) is 9.11. The highest BCUT2D eigenvalue weighted by atomic mass is 35.5. The highest BCUT2D eigenvalue weighted by Crippen LogP contribution is 2.28. The molecule has 0 atom stereocenters. The molecule has 0 unspecified atom stereocenters. The largest absolute Gasteiger partial charge is 0.480 e. The van der Waals surface area contributed by atoms with Gasteiger partial charge in [0.2, 0.25) is 17.7 Å². The molecule has 11 heteroatoms. The van der Waals surface area contributed by atoms with Crippen LogP contribution in [0, 0.1) is 18.8 Å². The van der Waals surface area contributed by atoms with Crippen LogP contribution in [-0.2, 0) is 25.5 Å². The first-order valence-corrected chi connectivity index (χ1v) is 15.7. The van der Waals surface area contributed by atoms with Crippen LogP contribution in [-0.4, -0.2) is 91.1 Å². The molecule has 10 nitrogen and oxygen atoms in total. The zero-order valence-electron chi connectivity index (χ0n) is 25.4. The number of carboxylic acids is 1. The maximum Gasteiger partial charge on any atom is 0.329 e. The number of hydrogen-bond acceptors (Lipinski definition) is 6.